The number of methoxy groups -OCH3 is 1. The highest BCUT2D eigenvalue weighted by Crippen LogP contribution is 2.23. The minimum Gasteiger partial charge on any atom is -0.496 e. The summed E-state index contributed by atoms with van der Waals surface area (Å²) in [7, 11) is 1.76. The normalized spacial score (nSPS) is 20.2. The monoisotopic (exact) mass is 251 g/mol. The van der Waals surface area contributed by atoms with E-state index in [4.69, 9.17) is 4.74 Å². The van der Waals surface area contributed by atoms with Crippen LogP contribution in [-0.2, 0) is 12.8 Å². The molecule has 17 heavy (non-hydrogen) atoms. The maximum atomic E-state index is 5.45. The lowest BCUT2D eigenvalue weighted by Crippen LogP contribution is -2.38. The fourth-order valence-electron chi connectivity index (χ4n) is 2.23. The molecular weight excluding hydrogens is 230 g/mol. The van der Waals surface area contributed by atoms with Crippen LogP contribution in [0, 0.1) is 0 Å². The van der Waals surface area contributed by atoms with Gasteiger partial charge >= 0.3 is 0 Å². The summed E-state index contributed by atoms with van der Waals surface area (Å²) in [4.78, 5) is 0. The molecule has 1 saturated heterocycles. The van der Waals surface area contributed by atoms with E-state index in [9.17, 15) is 0 Å². The standard InChI is InChI=1S/C14H21NOS/c1-3-11-4-5-14(16-2)12(8-11)9-13-10-17-7-6-15-13/h4-5,8,13,15H,3,6-7,9-10H2,1-2H3. The van der Waals surface area contributed by atoms with Crippen LogP contribution in [0.1, 0.15) is 18.1 Å². The van der Waals surface area contributed by atoms with Gasteiger partial charge in [0.05, 0.1) is 7.11 Å². The van der Waals surface area contributed by atoms with Gasteiger partial charge in [-0.15, -0.1) is 0 Å². The Balaban J connectivity index is 2.11. The molecule has 0 amide bonds. The lowest BCUT2D eigenvalue weighted by molar-refractivity contribution is 0.406. The molecule has 3 heteroatoms. The van der Waals surface area contributed by atoms with Gasteiger partial charge in [-0.05, 0) is 30.0 Å². The topological polar surface area (TPSA) is 21.3 Å². The van der Waals surface area contributed by atoms with Gasteiger partial charge in [-0.2, -0.15) is 11.8 Å². The average Bonchev–Trinajstić information content (AvgIpc) is 2.40. The third kappa shape index (κ3) is 3.39. The molecule has 0 saturated carbocycles. The molecule has 0 bridgehead atoms. The van der Waals surface area contributed by atoms with Gasteiger partial charge in [0.25, 0.3) is 0 Å². The van der Waals surface area contributed by atoms with Gasteiger partial charge in [0.1, 0.15) is 5.75 Å². The third-order valence-corrected chi connectivity index (χ3v) is 4.35. The van der Waals surface area contributed by atoms with Crippen molar-refractivity contribution in [1.82, 2.24) is 5.32 Å². The largest absolute Gasteiger partial charge is 0.496 e. The molecular formula is C14H21NOS. The number of hydrogen-bond acceptors (Lipinski definition) is 3. The van der Waals surface area contributed by atoms with Gasteiger partial charge in [0, 0.05) is 24.1 Å². The van der Waals surface area contributed by atoms with Crippen molar-refractivity contribution >= 4 is 11.8 Å². The summed E-state index contributed by atoms with van der Waals surface area (Å²) < 4.78 is 5.45. The molecule has 1 aromatic carbocycles. The highest BCUT2D eigenvalue weighted by molar-refractivity contribution is 7.99. The van der Waals surface area contributed by atoms with Crippen LogP contribution in [0.25, 0.3) is 0 Å². The van der Waals surface area contributed by atoms with E-state index in [2.05, 4.69) is 30.4 Å². The zero-order valence-electron chi connectivity index (χ0n) is 10.7. The molecule has 1 atom stereocenters. The van der Waals surface area contributed by atoms with Gasteiger partial charge in [-0.1, -0.05) is 19.1 Å². The molecule has 0 radical (unpaired) electrons. The molecule has 0 aromatic heterocycles. The number of hydrogen-bond donors (Lipinski definition) is 1. The molecule has 1 heterocycles. The highest BCUT2D eigenvalue weighted by Gasteiger charge is 2.15. The molecule has 0 aliphatic carbocycles. The van der Waals surface area contributed by atoms with Crippen molar-refractivity contribution in [3.05, 3.63) is 29.3 Å². The number of thioether (sulfide) groups is 1. The van der Waals surface area contributed by atoms with Crippen LogP contribution < -0.4 is 10.1 Å². The predicted molar refractivity (Wildman–Crippen MR) is 75.2 cm³/mol. The number of rotatable bonds is 4. The number of ether oxygens (including phenoxy) is 1. The summed E-state index contributed by atoms with van der Waals surface area (Å²) in [5.41, 5.74) is 2.73. The first kappa shape index (κ1) is 12.8. The van der Waals surface area contributed by atoms with Crippen LogP contribution in [-0.4, -0.2) is 31.2 Å². The van der Waals surface area contributed by atoms with Crippen molar-refractivity contribution in [3.8, 4) is 5.75 Å². The Morgan fingerprint density at radius 1 is 1.47 bits per heavy atom. The summed E-state index contributed by atoms with van der Waals surface area (Å²) in [5.74, 6) is 3.47. The van der Waals surface area contributed by atoms with Crippen LogP contribution in [0.2, 0.25) is 0 Å². The molecule has 94 valence electrons. The van der Waals surface area contributed by atoms with Crippen LogP contribution in [0.5, 0.6) is 5.75 Å². The van der Waals surface area contributed by atoms with Crippen molar-refractivity contribution in [1.29, 1.82) is 0 Å². The van der Waals surface area contributed by atoms with Crippen LogP contribution in [0.15, 0.2) is 18.2 Å². The van der Waals surface area contributed by atoms with Crippen LogP contribution in [0.4, 0.5) is 0 Å². The van der Waals surface area contributed by atoms with E-state index < -0.39 is 0 Å². The molecule has 0 spiro atoms. The average molecular weight is 251 g/mol. The van der Waals surface area contributed by atoms with Crippen LogP contribution in [0.3, 0.4) is 0 Å². The summed E-state index contributed by atoms with van der Waals surface area (Å²) in [6.07, 6.45) is 2.16. The van der Waals surface area contributed by atoms with Crippen molar-refractivity contribution in [2.75, 3.05) is 25.2 Å². The molecule has 1 unspecified atom stereocenters. The van der Waals surface area contributed by atoms with Crippen molar-refractivity contribution in [2.45, 2.75) is 25.8 Å². The fourth-order valence-corrected chi connectivity index (χ4v) is 3.18. The van der Waals surface area contributed by atoms with E-state index in [1.807, 2.05) is 11.8 Å². The second kappa shape index (κ2) is 6.31. The number of aryl methyl sites for hydroxylation is 1. The molecule has 1 N–H and O–H groups in total. The number of nitrogens with one attached hydrogen (secondary N) is 1. The summed E-state index contributed by atoms with van der Waals surface area (Å²) in [6.45, 7) is 3.32. The van der Waals surface area contributed by atoms with E-state index in [1.54, 1.807) is 7.11 Å². The lowest BCUT2D eigenvalue weighted by Gasteiger charge is -2.24. The van der Waals surface area contributed by atoms with Crippen molar-refractivity contribution in [2.24, 2.45) is 0 Å². The quantitative estimate of drug-likeness (QED) is 0.888. The van der Waals surface area contributed by atoms with Gasteiger partial charge in [0.15, 0.2) is 0 Å². The smallest absolute Gasteiger partial charge is 0.122 e. The SMILES string of the molecule is CCc1ccc(OC)c(CC2CSCCN2)c1. The molecule has 2 nitrogen and oxygen atoms in total. The molecule has 1 fully saturated rings. The van der Waals surface area contributed by atoms with Gasteiger partial charge in [-0.3, -0.25) is 0 Å². The Labute approximate surface area is 108 Å². The Kier molecular flexibility index (Phi) is 4.75. The highest BCUT2D eigenvalue weighted by atomic mass is 32.2. The minimum atomic E-state index is 0.592. The van der Waals surface area contributed by atoms with E-state index in [0.717, 1.165) is 25.1 Å². The van der Waals surface area contributed by atoms with Crippen molar-refractivity contribution < 1.29 is 4.74 Å². The summed E-state index contributed by atoms with van der Waals surface area (Å²) in [5, 5.41) is 3.58. The first-order valence-electron chi connectivity index (χ1n) is 6.30. The van der Waals surface area contributed by atoms with E-state index in [0.29, 0.717) is 6.04 Å². The second-order valence-corrected chi connectivity index (χ2v) is 5.58. The first-order chi connectivity index (χ1) is 8.33. The first-order valence-corrected chi connectivity index (χ1v) is 7.46. The van der Waals surface area contributed by atoms with Gasteiger partial charge in [0.2, 0.25) is 0 Å². The Morgan fingerprint density at radius 2 is 2.35 bits per heavy atom. The van der Waals surface area contributed by atoms with Gasteiger partial charge in [-0.25, -0.2) is 0 Å². The van der Waals surface area contributed by atoms with E-state index in [-0.39, 0.29) is 0 Å². The predicted octanol–water partition coefficient (Wildman–Crippen LogP) is 2.51. The third-order valence-electron chi connectivity index (χ3n) is 3.22. The molecule has 1 aliphatic heterocycles. The van der Waals surface area contributed by atoms with E-state index in [1.165, 1.54) is 22.6 Å². The maximum absolute atomic E-state index is 5.45. The van der Waals surface area contributed by atoms with Crippen molar-refractivity contribution in [3.63, 3.8) is 0 Å². The zero-order valence-corrected chi connectivity index (χ0v) is 11.5. The van der Waals surface area contributed by atoms with Gasteiger partial charge < -0.3 is 10.1 Å². The maximum Gasteiger partial charge on any atom is 0.122 e. The zero-order chi connectivity index (χ0) is 12.1. The Bertz CT molecular complexity index is 361. The van der Waals surface area contributed by atoms with E-state index >= 15 is 0 Å². The number of benzene rings is 1. The molecule has 1 aromatic rings. The van der Waals surface area contributed by atoms with Crippen LogP contribution >= 0.6 is 11.8 Å². The Hall–Kier alpha value is -0.670. The summed E-state index contributed by atoms with van der Waals surface area (Å²) in [6, 6.07) is 7.14. The molecule has 1 aliphatic rings. The minimum absolute atomic E-state index is 0.592. The molecule has 2 rings (SSSR count). The Morgan fingerprint density at radius 3 is 3.00 bits per heavy atom. The summed E-state index contributed by atoms with van der Waals surface area (Å²) >= 11 is 2.04. The second-order valence-electron chi connectivity index (χ2n) is 4.43. The lowest BCUT2D eigenvalue weighted by atomic mass is 10.0. The fraction of sp³-hybridized carbons (Fsp3) is 0.571.